The Bertz CT molecular complexity index is 802. The molecule has 4 nitrogen and oxygen atoms in total. The maximum atomic E-state index is 10.4. The standard InChI is InChI=1S/C21H25NO3S/c1-4-15-5-10-20(14(2)11-15)25-13-18-9-8-17(16-6-7-16)12-19(18)22(23)21(26)24-3/h5,8-12,16,23H,4,6-7,13H2,1-3H3. The van der Waals surface area contributed by atoms with E-state index in [4.69, 9.17) is 21.7 Å². The highest BCUT2D eigenvalue weighted by molar-refractivity contribution is 7.80. The molecule has 0 unspecified atom stereocenters. The van der Waals surface area contributed by atoms with Crippen LogP contribution in [0.25, 0.3) is 0 Å². The van der Waals surface area contributed by atoms with Crippen molar-refractivity contribution >= 4 is 23.1 Å². The van der Waals surface area contributed by atoms with Gasteiger partial charge in [0.05, 0.1) is 12.8 Å². The molecule has 0 heterocycles. The van der Waals surface area contributed by atoms with E-state index in [0.717, 1.165) is 28.4 Å². The molecule has 2 aromatic rings. The molecule has 0 spiro atoms. The van der Waals surface area contributed by atoms with Gasteiger partial charge in [0.2, 0.25) is 0 Å². The Balaban J connectivity index is 1.83. The largest absolute Gasteiger partial charge is 0.489 e. The smallest absolute Gasteiger partial charge is 0.288 e. The van der Waals surface area contributed by atoms with E-state index in [9.17, 15) is 5.21 Å². The minimum atomic E-state index is 0.0164. The molecule has 0 amide bonds. The number of thiocarbonyl (C=S) groups is 1. The summed E-state index contributed by atoms with van der Waals surface area (Å²) in [6, 6.07) is 12.3. The van der Waals surface area contributed by atoms with E-state index in [0.29, 0.717) is 18.2 Å². The van der Waals surface area contributed by atoms with Crippen LogP contribution in [0.3, 0.4) is 0 Å². The van der Waals surface area contributed by atoms with Crippen molar-refractivity contribution in [3.05, 3.63) is 58.7 Å². The lowest BCUT2D eigenvalue weighted by atomic mass is 10.1. The van der Waals surface area contributed by atoms with E-state index < -0.39 is 0 Å². The molecule has 1 fully saturated rings. The summed E-state index contributed by atoms with van der Waals surface area (Å²) in [6.45, 7) is 4.53. The molecule has 1 aliphatic rings. The lowest BCUT2D eigenvalue weighted by Crippen LogP contribution is -2.27. The zero-order valence-corrected chi connectivity index (χ0v) is 16.3. The summed E-state index contributed by atoms with van der Waals surface area (Å²) in [5.41, 5.74) is 5.08. The lowest BCUT2D eigenvalue weighted by molar-refractivity contribution is 0.264. The van der Waals surface area contributed by atoms with Crippen molar-refractivity contribution < 1.29 is 14.7 Å². The Kier molecular flexibility index (Phi) is 5.79. The van der Waals surface area contributed by atoms with E-state index in [-0.39, 0.29) is 5.17 Å². The highest BCUT2D eigenvalue weighted by atomic mass is 32.1. The number of hydrogen-bond acceptors (Lipinski definition) is 4. The molecule has 1 N–H and O–H groups in total. The van der Waals surface area contributed by atoms with Gasteiger partial charge < -0.3 is 9.47 Å². The zero-order chi connectivity index (χ0) is 18.7. The molecule has 1 aliphatic carbocycles. The number of anilines is 1. The highest BCUT2D eigenvalue weighted by Crippen LogP contribution is 2.41. The van der Waals surface area contributed by atoms with Crippen LogP contribution in [0.5, 0.6) is 5.75 Å². The molecule has 0 aromatic heterocycles. The minimum absolute atomic E-state index is 0.0164. The second kappa shape index (κ2) is 8.06. The molecule has 5 heteroatoms. The van der Waals surface area contributed by atoms with Crippen LogP contribution in [0.2, 0.25) is 0 Å². The first-order valence-corrected chi connectivity index (χ1v) is 9.36. The van der Waals surface area contributed by atoms with E-state index in [1.54, 1.807) is 0 Å². The minimum Gasteiger partial charge on any atom is -0.489 e. The van der Waals surface area contributed by atoms with Gasteiger partial charge in [0.15, 0.2) is 0 Å². The van der Waals surface area contributed by atoms with Gasteiger partial charge in [-0.15, -0.1) is 0 Å². The van der Waals surface area contributed by atoms with Gasteiger partial charge >= 0.3 is 0 Å². The van der Waals surface area contributed by atoms with Crippen LogP contribution in [-0.2, 0) is 17.8 Å². The summed E-state index contributed by atoms with van der Waals surface area (Å²) in [5.74, 6) is 1.43. The Labute approximate surface area is 160 Å². The average Bonchev–Trinajstić information content (AvgIpc) is 3.51. The monoisotopic (exact) mass is 371 g/mol. The van der Waals surface area contributed by atoms with Crippen molar-refractivity contribution in [1.82, 2.24) is 0 Å². The second-order valence-electron chi connectivity index (χ2n) is 6.69. The maximum Gasteiger partial charge on any atom is 0.288 e. The van der Waals surface area contributed by atoms with Gasteiger partial charge in [0, 0.05) is 5.56 Å². The fourth-order valence-corrected chi connectivity index (χ4v) is 3.10. The van der Waals surface area contributed by atoms with Crippen LogP contribution in [0.15, 0.2) is 36.4 Å². The number of benzene rings is 2. The maximum absolute atomic E-state index is 10.4. The molecular weight excluding hydrogens is 346 g/mol. The number of rotatable bonds is 6. The molecule has 138 valence electrons. The van der Waals surface area contributed by atoms with Crippen LogP contribution >= 0.6 is 12.2 Å². The summed E-state index contributed by atoms with van der Waals surface area (Å²) in [4.78, 5) is 0. The summed E-state index contributed by atoms with van der Waals surface area (Å²) in [5, 5.41) is 11.4. The molecule has 1 saturated carbocycles. The Morgan fingerprint density at radius 2 is 2.00 bits per heavy atom. The van der Waals surface area contributed by atoms with E-state index in [2.05, 4.69) is 25.1 Å². The Morgan fingerprint density at radius 1 is 1.23 bits per heavy atom. The molecule has 0 saturated heterocycles. The summed E-state index contributed by atoms with van der Waals surface area (Å²) >= 11 is 5.08. The number of ether oxygens (including phenoxy) is 2. The predicted molar refractivity (Wildman–Crippen MR) is 107 cm³/mol. The molecular formula is C21H25NO3S. The van der Waals surface area contributed by atoms with Gasteiger partial charge in [0.25, 0.3) is 5.17 Å². The van der Waals surface area contributed by atoms with Crippen LogP contribution in [-0.4, -0.2) is 17.5 Å². The van der Waals surface area contributed by atoms with E-state index in [1.165, 1.54) is 31.1 Å². The molecule has 3 rings (SSSR count). The fraction of sp³-hybridized carbons (Fsp3) is 0.381. The van der Waals surface area contributed by atoms with Crippen molar-refractivity contribution in [1.29, 1.82) is 0 Å². The third-order valence-electron chi connectivity index (χ3n) is 4.76. The number of aryl methyl sites for hydroxylation is 2. The van der Waals surface area contributed by atoms with Crippen molar-refractivity contribution in [3.63, 3.8) is 0 Å². The molecule has 0 atom stereocenters. The van der Waals surface area contributed by atoms with Gasteiger partial charge in [-0.1, -0.05) is 31.2 Å². The molecule has 26 heavy (non-hydrogen) atoms. The summed E-state index contributed by atoms with van der Waals surface area (Å²) in [7, 11) is 1.45. The number of hydrogen-bond donors (Lipinski definition) is 1. The fourth-order valence-electron chi connectivity index (χ4n) is 3.00. The van der Waals surface area contributed by atoms with Gasteiger partial charge in [-0.05, 0) is 73.1 Å². The van der Waals surface area contributed by atoms with E-state index >= 15 is 0 Å². The first-order valence-electron chi connectivity index (χ1n) is 8.95. The normalized spacial score (nSPS) is 13.4. The summed E-state index contributed by atoms with van der Waals surface area (Å²) < 4.78 is 11.0. The Morgan fingerprint density at radius 3 is 2.62 bits per heavy atom. The first kappa shape index (κ1) is 18.7. The number of nitrogens with zero attached hydrogens (tertiary/aromatic N) is 1. The number of hydroxylamine groups is 1. The van der Waals surface area contributed by atoms with Crippen LogP contribution < -0.4 is 9.80 Å². The zero-order valence-electron chi connectivity index (χ0n) is 15.5. The highest BCUT2D eigenvalue weighted by Gasteiger charge is 2.25. The predicted octanol–water partition coefficient (Wildman–Crippen LogP) is 5.14. The van der Waals surface area contributed by atoms with Gasteiger partial charge in [-0.25, -0.2) is 0 Å². The third kappa shape index (κ3) is 4.17. The molecule has 0 bridgehead atoms. The van der Waals surface area contributed by atoms with Crippen LogP contribution in [0.1, 0.15) is 47.9 Å². The first-order chi connectivity index (χ1) is 12.5. The van der Waals surface area contributed by atoms with Crippen LogP contribution in [0.4, 0.5) is 5.69 Å². The number of methoxy groups -OCH3 is 1. The summed E-state index contributed by atoms with van der Waals surface area (Å²) in [6.07, 6.45) is 3.39. The van der Waals surface area contributed by atoms with Crippen molar-refractivity contribution in [2.45, 2.75) is 45.6 Å². The van der Waals surface area contributed by atoms with Gasteiger partial charge in [0.1, 0.15) is 12.4 Å². The van der Waals surface area contributed by atoms with Gasteiger partial charge in [-0.3, -0.25) is 5.21 Å². The third-order valence-corrected chi connectivity index (χ3v) is 5.10. The van der Waals surface area contributed by atoms with Crippen molar-refractivity contribution in [2.75, 3.05) is 12.2 Å². The van der Waals surface area contributed by atoms with Gasteiger partial charge in [-0.2, -0.15) is 5.06 Å². The topological polar surface area (TPSA) is 41.9 Å². The van der Waals surface area contributed by atoms with E-state index in [1.807, 2.05) is 25.1 Å². The average molecular weight is 372 g/mol. The van der Waals surface area contributed by atoms with Crippen molar-refractivity contribution in [2.24, 2.45) is 0 Å². The second-order valence-corrected chi connectivity index (χ2v) is 7.04. The quantitative estimate of drug-likeness (QED) is 0.562. The van der Waals surface area contributed by atoms with Crippen molar-refractivity contribution in [3.8, 4) is 5.75 Å². The molecule has 0 radical (unpaired) electrons. The SMILES string of the molecule is CCc1ccc(OCc2ccc(C3CC3)cc2N(O)C(=S)OC)c(C)c1. The molecule has 2 aromatic carbocycles. The van der Waals surface area contributed by atoms with Crippen LogP contribution in [0, 0.1) is 6.92 Å². The Hall–Kier alpha value is -2.11. The molecule has 0 aliphatic heterocycles. The lowest BCUT2D eigenvalue weighted by Gasteiger charge is -2.21.